The van der Waals surface area contributed by atoms with Gasteiger partial charge in [-0.1, -0.05) is 66.7 Å². The predicted octanol–water partition coefficient (Wildman–Crippen LogP) is 15.3. The molecule has 0 fully saturated rings. The topological polar surface area (TPSA) is 70.5 Å². The summed E-state index contributed by atoms with van der Waals surface area (Å²) in [5, 5.41) is 22.7. The summed E-state index contributed by atoms with van der Waals surface area (Å²) in [5.74, 6) is 0. The molecule has 0 atom stereocenters. The summed E-state index contributed by atoms with van der Waals surface area (Å²) in [6, 6.07) is 49.8. The largest absolute Gasteiger partial charge is 0.416 e. The van der Waals surface area contributed by atoms with E-state index in [9.17, 15) is 23.7 Å². The molecule has 10 rings (SSSR count). The van der Waals surface area contributed by atoms with E-state index >= 15 is 0 Å². The van der Waals surface area contributed by atoms with Crippen molar-refractivity contribution < 1.29 is 13.2 Å². The summed E-state index contributed by atoms with van der Waals surface area (Å²) in [5.41, 5.74) is 7.96. The molecule has 0 saturated heterocycles. The Hall–Kier alpha value is -9.40. The Balaban J connectivity index is 1.26. The quantitative estimate of drug-likeness (QED) is 0.162. The molecule has 0 spiro atoms. The molecule has 298 valence electrons. The van der Waals surface area contributed by atoms with Crippen molar-refractivity contribution in [3.05, 3.63) is 209 Å². The number of rotatable bonds is 5. The Bertz CT molecular complexity index is 3790. The third kappa shape index (κ3) is 6.26. The lowest BCUT2D eigenvalue weighted by Gasteiger charge is -2.21. The standard InChI is InChI=1S/C54H26F3N7/c1-60-39-23-32(30-58)21-36(25-39)34-15-18-50-44(27-34)41-9-4-6-13-48(41)63(50)51-20-17-38(54(55,56)57)29-46(51)43-11-8-12-47(62-3)53(43)64-49-14-7-5-10-42(49)45-28-35(16-19-52(45)64)37-22-33(31-59)24-40(26-37)61-2/h4-29H. The fraction of sp³-hybridized carbons (Fsp3) is 0.0185. The van der Waals surface area contributed by atoms with Crippen molar-refractivity contribution >= 4 is 60.7 Å². The van der Waals surface area contributed by atoms with Gasteiger partial charge in [-0.3, -0.25) is 0 Å². The van der Waals surface area contributed by atoms with E-state index in [1.165, 1.54) is 18.2 Å². The van der Waals surface area contributed by atoms with Crippen molar-refractivity contribution in [1.82, 2.24) is 9.13 Å². The van der Waals surface area contributed by atoms with Gasteiger partial charge in [-0.05, 0) is 119 Å². The average molecular weight is 830 g/mol. The number of alkyl halides is 3. The van der Waals surface area contributed by atoms with Crippen LogP contribution in [-0.4, -0.2) is 9.13 Å². The minimum Gasteiger partial charge on any atom is -0.318 e. The molecular formula is C54H26F3N7. The van der Waals surface area contributed by atoms with Gasteiger partial charge >= 0.3 is 6.18 Å². The fourth-order valence-electron chi connectivity index (χ4n) is 8.82. The predicted molar refractivity (Wildman–Crippen MR) is 245 cm³/mol. The van der Waals surface area contributed by atoms with E-state index in [-0.39, 0.29) is 11.3 Å². The molecule has 0 saturated carbocycles. The monoisotopic (exact) mass is 829 g/mol. The molecule has 10 heteroatoms. The Morgan fingerprint density at radius 1 is 0.453 bits per heavy atom. The number of hydrogen-bond donors (Lipinski definition) is 0. The number of benzene rings is 8. The fourth-order valence-corrected chi connectivity index (χ4v) is 8.82. The highest BCUT2D eigenvalue weighted by molar-refractivity contribution is 6.13. The summed E-state index contributed by atoms with van der Waals surface area (Å²) >= 11 is 0. The van der Waals surface area contributed by atoms with Gasteiger partial charge in [-0.25, -0.2) is 14.5 Å². The Kier molecular flexibility index (Phi) is 9.06. The van der Waals surface area contributed by atoms with Crippen molar-refractivity contribution in [2.45, 2.75) is 6.18 Å². The SMILES string of the molecule is [C-]#[N+]c1cc(C#N)cc(-c2ccc3c(c2)c2ccccc2n3-c2ccc(C(F)(F)F)cc2-c2cccc([N+]#[C-])c2-n2c3ccccc3c3cc(-c4cc(C#N)cc([N+]#[C-])c4)ccc32)c1. The first-order valence-corrected chi connectivity index (χ1v) is 19.8. The van der Waals surface area contributed by atoms with E-state index in [0.717, 1.165) is 55.8 Å². The number of halogens is 3. The molecule has 0 radical (unpaired) electrons. The van der Waals surface area contributed by atoms with Crippen LogP contribution in [0.15, 0.2) is 158 Å². The van der Waals surface area contributed by atoms with Gasteiger partial charge in [0.1, 0.15) is 0 Å². The molecular weight excluding hydrogens is 804 g/mol. The highest BCUT2D eigenvalue weighted by atomic mass is 19.4. The van der Waals surface area contributed by atoms with Crippen molar-refractivity contribution in [2.75, 3.05) is 0 Å². The maximum absolute atomic E-state index is 14.9. The van der Waals surface area contributed by atoms with Crippen LogP contribution in [0.4, 0.5) is 30.2 Å². The number of para-hydroxylation sites is 3. The molecule has 0 aliphatic heterocycles. The van der Waals surface area contributed by atoms with Gasteiger partial charge in [-0.15, -0.1) is 0 Å². The van der Waals surface area contributed by atoms with Crippen LogP contribution < -0.4 is 0 Å². The highest BCUT2D eigenvalue weighted by Crippen LogP contribution is 2.46. The lowest BCUT2D eigenvalue weighted by atomic mass is 9.97. The molecule has 0 N–H and O–H groups in total. The first kappa shape index (κ1) is 38.8. The van der Waals surface area contributed by atoms with Crippen molar-refractivity contribution in [1.29, 1.82) is 10.5 Å². The van der Waals surface area contributed by atoms with E-state index in [4.69, 9.17) is 19.7 Å². The van der Waals surface area contributed by atoms with E-state index < -0.39 is 11.7 Å². The first-order chi connectivity index (χ1) is 31.1. The average Bonchev–Trinajstić information content (AvgIpc) is 3.84. The minimum absolute atomic E-state index is 0.223. The van der Waals surface area contributed by atoms with Crippen LogP contribution in [0.25, 0.3) is 103 Å². The number of nitrogens with zero attached hydrogens (tertiary/aromatic N) is 7. The second kappa shape index (κ2) is 14.9. The van der Waals surface area contributed by atoms with Crippen LogP contribution in [0.3, 0.4) is 0 Å². The number of hydrogen-bond acceptors (Lipinski definition) is 2. The number of nitriles is 2. The van der Waals surface area contributed by atoms with Crippen LogP contribution in [-0.2, 0) is 6.18 Å². The zero-order chi connectivity index (χ0) is 44.3. The normalized spacial score (nSPS) is 11.3. The van der Waals surface area contributed by atoms with E-state index in [0.29, 0.717) is 61.6 Å². The van der Waals surface area contributed by atoms with Gasteiger partial charge in [0, 0.05) is 38.2 Å². The Labute approximate surface area is 364 Å². The molecule has 0 aliphatic carbocycles. The Morgan fingerprint density at radius 2 is 0.984 bits per heavy atom. The van der Waals surface area contributed by atoms with Gasteiger partial charge in [0.15, 0.2) is 11.4 Å². The second-order valence-corrected chi connectivity index (χ2v) is 15.2. The zero-order valence-corrected chi connectivity index (χ0v) is 33.3. The molecule has 64 heavy (non-hydrogen) atoms. The van der Waals surface area contributed by atoms with Crippen molar-refractivity contribution in [3.8, 4) is 56.9 Å². The van der Waals surface area contributed by atoms with E-state index in [1.807, 2.05) is 94.1 Å². The van der Waals surface area contributed by atoms with Gasteiger partial charge < -0.3 is 9.13 Å². The maximum Gasteiger partial charge on any atom is 0.416 e. The summed E-state index contributed by atoms with van der Waals surface area (Å²) in [6.45, 7) is 23.6. The molecule has 8 aromatic carbocycles. The lowest BCUT2D eigenvalue weighted by Crippen LogP contribution is -2.08. The third-order valence-corrected chi connectivity index (χ3v) is 11.6. The summed E-state index contributed by atoms with van der Waals surface area (Å²) < 4.78 is 48.4. The van der Waals surface area contributed by atoms with Gasteiger partial charge in [0.05, 0.1) is 70.9 Å². The maximum atomic E-state index is 14.9. The molecule has 0 unspecified atom stereocenters. The molecule has 10 aromatic rings. The van der Waals surface area contributed by atoms with Gasteiger partial charge in [-0.2, -0.15) is 23.7 Å². The second-order valence-electron chi connectivity index (χ2n) is 15.2. The first-order valence-electron chi connectivity index (χ1n) is 19.8. The van der Waals surface area contributed by atoms with Crippen LogP contribution in [0.5, 0.6) is 0 Å². The van der Waals surface area contributed by atoms with Crippen molar-refractivity contribution in [2.24, 2.45) is 0 Å². The highest BCUT2D eigenvalue weighted by Gasteiger charge is 2.32. The van der Waals surface area contributed by atoms with Gasteiger partial charge in [0.25, 0.3) is 0 Å². The molecule has 0 aliphatic rings. The lowest BCUT2D eigenvalue weighted by molar-refractivity contribution is -0.137. The molecule has 2 heterocycles. The van der Waals surface area contributed by atoms with Crippen LogP contribution >= 0.6 is 0 Å². The molecule has 0 amide bonds. The summed E-state index contributed by atoms with van der Waals surface area (Å²) in [6.07, 6.45) is -4.69. The number of fused-ring (bicyclic) bond motifs is 6. The zero-order valence-electron chi connectivity index (χ0n) is 33.3. The van der Waals surface area contributed by atoms with Gasteiger partial charge in [0.2, 0.25) is 5.69 Å². The smallest absolute Gasteiger partial charge is 0.318 e. The molecule has 2 aromatic heterocycles. The molecule has 0 bridgehead atoms. The Morgan fingerprint density at radius 3 is 1.52 bits per heavy atom. The summed E-state index contributed by atoms with van der Waals surface area (Å²) in [4.78, 5) is 11.1. The molecule has 7 nitrogen and oxygen atoms in total. The number of aromatic nitrogens is 2. The third-order valence-electron chi connectivity index (χ3n) is 11.6. The van der Waals surface area contributed by atoms with Crippen molar-refractivity contribution in [3.63, 3.8) is 0 Å². The van der Waals surface area contributed by atoms with Crippen LogP contribution in [0.2, 0.25) is 0 Å². The van der Waals surface area contributed by atoms with E-state index in [1.54, 1.807) is 42.5 Å². The van der Waals surface area contributed by atoms with Crippen LogP contribution in [0, 0.1) is 42.4 Å². The van der Waals surface area contributed by atoms with Crippen LogP contribution in [0.1, 0.15) is 16.7 Å². The van der Waals surface area contributed by atoms with E-state index in [2.05, 4.69) is 26.7 Å². The minimum atomic E-state index is -4.69. The summed E-state index contributed by atoms with van der Waals surface area (Å²) in [7, 11) is 0.